The molecule has 0 bridgehead atoms. The highest BCUT2D eigenvalue weighted by Gasteiger charge is 2.20. The number of rotatable bonds is 5. The van der Waals surface area contributed by atoms with Gasteiger partial charge in [0.25, 0.3) is 5.91 Å². The zero-order chi connectivity index (χ0) is 14.4. The van der Waals surface area contributed by atoms with E-state index in [2.05, 4.69) is 4.74 Å². The van der Waals surface area contributed by atoms with Gasteiger partial charge in [-0.05, 0) is 19.1 Å². The molecule has 1 rings (SSSR count). The zero-order valence-corrected chi connectivity index (χ0v) is 11.3. The van der Waals surface area contributed by atoms with E-state index in [1.54, 1.807) is 25.1 Å². The Balaban J connectivity index is 3.00. The van der Waals surface area contributed by atoms with Crippen LogP contribution in [0.15, 0.2) is 18.2 Å². The molecular weight excluding hydrogens is 248 g/mol. The summed E-state index contributed by atoms with van der Waals surface area (Å²) < 4.78 is 9.69. The van der Waals surface area contributed by atoms with Gasteiger partial charge in [-0.15, -0.1) is 0 Å². The van der Waals surface area contributed by atoms with E-state index in [0.29, 0.717) is 23.5 Å². The van der Waals surface area contributed by atoms with Gasteiger partial charge in [-0.3, -0.25) is 9.59 Å². The Morgan fingerprint density at radius 3 is 2.53 bits per heavy atom. The molecule has 0 radical (unpaired) electrons. The fourth-order valence-corrected chi connectivity index (χ4v) is 1.60. The topological polar surface area (TPSA) is 81.9 Å². The lowest BCUT2D eigenvalue weighted by Gasteiger charge is -2.20. The van der Waals surface area contributed by atoms with E-state index in [1.165, 1.54) is 19.1 Å². The van der Waals surface area contributed by atoms with Crippen molar-refractivity contribution in [2.24, 2.45) is 0 Å². The smallest absolute Gasteiger partial charge is 0.325 e. The van der Waals surface area contributed by atoms with Crippen LogP contribution in [0.5, 0.6) is 5.75 Å². The van der Waals surface area contributed by atoms with Crippen molar-refractivity contribution in [3.8, 4) is 5.75 Å². The number of hydrogen-bond donors (Lipinski definition) is 1. The summed E-state index contributed by atoms with van der Waals surface area (Å²) in [6.45, 7) is 2.07. The molecule has 1 amide bonds. The molecule has 0 atom stereocenters. The van der Waals surface area contributed by atoms with Gasteiger partial charge in [-0.25, -0.2) is 0 Å². The Labute approximate surface area is 112 Å². The fraction of sp³-hybridized carbons (Fsp3) is 0.385. The van der Waals surface area contributed by atoms with Crippen molar-refractivity contribution in [2.75, 3.05) is 33.0 Å². The maximum atomic E-state index is 12.3. The number of hydrogen-bond acceptors (Lipinski definition) is 5. The molecule has 0 fully saturated rings. The maximum absolute atomic E-state index is 12.3. The number of anilines is 1. The highest BCUT2D eigenvalue weighted by molar-refractivity contribution is 5.98. The Morgan fingerprint density at radius 1 is 1.32 bits per heavy atom. The van der Waals surface area contributed by atoms with Crippen LogP contribution in [-0.4, -0.2) is 44.1 Å². The van der Waals surface area contributed by atoms with E-state index in [9.17, 15) is 9.59 Å². The number of nitrogens with zero attached hydrogens (tertiary/aromatic N) is 1. The first-order valence-corrected chi connectivity index (χ1v) is 5.83. The molecule has 0 aliphatic rings. The quantitative estimate of drug-likeness (QED) is 0.633. The lowest BCUT2D eigenvalue weighted by molar-refractivity contribution is -0.141. The molecule has 6 heteroatoms. The third-order valence-electron chi connectivity index (χ3n) is 2.67. The van der Waals surface area contributed by atoms with Gasteiger partial charge in [0, 0.05) is 18.3 Å². The van der Waals surface area contributed by atoms with Gasteiger partial charge < -0.3 is 20.1 Å². The highest BCUT2D eigenvalue weighted by atomic mass is 16.5. The Kier molecular flexibility index (Phi) is 5.17. The molecule has 0 aliphatic carbocycles. The minimum Gasteiger partial charge on any atom is -0.496 e. The summed E-state index contributed by atoms with van der Waals surface area (Å²) >= 11 is 0. The van der Waals surface area contributed by atoms with Gasteiger partial charge >= 0.3 is 5.97 Å². The molecule has 1 aromatic carbocycles. The Bertz CT molecular complexity index is 474. The van der Waals surface area contributed by atoms with Crippen LogP contribution in [0.1, 0.15) is 17.3 Å². The zero-order valence-electron chi connectivity index (χ0n) is 11.3. The van der Waals surface area contributed by atoms with Gasteiger partial charge in [0.1, 0.15) is 12.3 Å². The number of ether oxygens (including phenoxy) is 2. The number of benzene rings is 1. The highest BCUT2D eigenvalue weighted by Crippen LogP contribution is 2.22. The molecule has 0 heterocycles. The molecule has 0 aromatic heterocycles. The van der Waals surface area contributed by atoms with E-state index >= 15 is 0 Å². The van der Waals surface area contributed by atoms with Crippen LogP contribution in [0, 0.1) is 0 Å². The molecule has 6 nitrogen and oxygen atoms in total. The lowest BCUT2D eigenvalue weighted by Crippen LogP contribution is -2.36. The molecule has 0 saturated heterocycles. The summed E-state index contributed by atoms with van der Waals surface area (Å²) in [7, 11) is 2.74. The minimum atomic E-state index is -0.468. The van der Waals surface area contributed by atoms with E-state index in [4.69, 9.17) is 10.5 Å². The van der Waals surface area contributed by atoms with Gasteiger partial charge in [-0.1, -0.05) is 0 Å². The predicted molar refractivity (Wildman–Crippen MR) is 71.0 cm³/mol. The van der Waals surface area contributed by atoms with Crippen molar-refractivity contribution in [3.63, 3.8) is 0 Å². The normalized spacial score (nSPS) is 9.84. The van der Waals surface area contributed by atoms with E-state index in [1.807, 2.05) is 0 Å². The maximum Gasteiger partial charge on any atom is 0.325 e. The largest absolute Gasteiger partial charge is 0.496 e. The SMILES string of the molecule is CCN(CC(=O)OC)C(=O)c1ccc(N)cc1OC. The minimum absolute atomic E-state index is 0.0979. The second-order valence-corrected chi connectivity index (χ2v) is 3.86. The van der Waals surface area contributed by atoms with Crippen molar-refractivity contribution in [3.05, 3.63) is 23.8 Å². The monoisotopic (exact) mass is 266 g/mol. The predicted octanol–water partition coefficient (Wildman–Crippen LogP) is 0.912. The molecule has 0 aliphatic heterocycles. The molecular formula is C13H18N2O4. The number of likely N-dealkylation sites (N-methyl/N-ethyl adjacent to an activating group) is 1. The molecule has 0 spiro atoms. The van der Waals surface area contributed by atoms with Crippen molar-refractivity contribution in [1.29, 1.82) is 0 Å². The number of methoxy groups -OCH3 is 2. The van der Waals surface area contributed by atoms with Gasteiger partial charge in [0.15, 0.2) is 0 Å². The van der Waals surface area contributed by atoms with Crippen LogP contribution in [0.4, 0.5) is 5.69 Å². The second kappa shape index (κ2) is 6.63. The van der Waals surface area contributed by atoms with Crippen molar-refractivity contribution >= 4 is 17.6 Å². The number of nitrogen functional groups attached to an aromatic ring is 1. The van der Waals surface area contributed by atoms with Crippen LogP contribution in [0.3, 0.4) is 0 Å². The van der Waals surface area contributed by atoms with Crippen LogP contribution in [0.2, 0.25) is 0 Å². The lowest BCUT2D eigenvalue weighted by atomic mass is 10.1. The summed E-state index contributed by atoms with van der Waals surface area (Å²) in [4.78, 5) is 24.9. The summed E-state index contributed by atoms with van der Waals surface area (Å²) in [5.74, 6) is -0.386. The number of carbonyl (C=O) groups is 2. The van der Waals surface area contributed by atoms with E-state index < -0.39 is 5.97 Å². The summed E-state index contributed by atoms with van der Waals surface area (Å²) in [6.07, 6.45) is 0. The first kappa shape index (κ1) is 14.8. The first-order valence-electron chi connectivity index (χ1n) is 5.83. The van der Waals surface area contributed by atoms with Gasteiger partial charge in [0.2, 0.25) is 0 Å². The summed E-state index contributed by atoms with van der Waals surface area (Å²) in [5, 5.41) is 0. The van der Waals surface area contributed by atoms with Crippen LogP contribution in [-0.2, 0) is 9.53 Å². The van der Waals surface area contributed by atoms with E-state index in [0.717, 1.165) is 0 Å². The number of amides is 1. The summed E-state index contributed by atoms with van der Waals surface area (Å²) in [6, 6.07) is 4.76. The van der Waals surface area contributed by atoms with Crippen molar-refractivity contribution < 1.29 is 19.1 Å². The molecule has 1 aromatic rings. The number of esters is 1. The molecule has 19 heavy (non-hydrogen) atoms. The standard InChI is InChI=1S/C13H18N2O4/c1-4-15(8-12(16)19-3)13(17)10-6-5-9(14)7-11(10)18-2/h5-7H,4,8,14H2,1-3H3. The molecule has 0 unspecified atom stereocenters. The van der Waals surface area contributed by atoms with Crippen LogP contribution < -0.4 is 10.5 Å². The third kappa shape index (κ3) is 3.61. The third-order valence-corrected chi connectivity index (χ3v) is 2.67. The fourth-order valence-electron chi connectivity index (χ4n) is 1.60. The number of carbonyl (C=O) groups excluding carboxylic acids is 2. The van der Waals surface area contributed by atoms with Gasteiger partial charge in [0.05, 0.1) is 19.8 Å². The Morgan fingerprint density at radius 2 is 2.00 bits per heavy atom. The van der Waals surface area contributed by atoms with Gasteiger partial charge in [-0.2, -0.15) is 0 Å². The summed E-state index contributed by atoms with van der Waals surface area (Å²) in [5.41, 5.74) is 6.50. The molecule has 2 N–H and O–H groups in total. The van der Waals surface area contributed by atoms with Crippen LogP contribution >= 0.6 is 0 Å². The molecule has 104 valence electrons. The Hall–Kier alpha value is -2.24. The number of nitrogens with two attached hydrogens (primary N) is 1. The van der Waals surface area contributed by atoms with Crippen LogP contribution in [0.25, 0.3) is 0 Å². The first-order chi connectivity index (χ1) is 9.03. The average Bonchev–Trinajstić information content (AvgIpc) is 2.43. The van der Waals surface area contributed by atoms with Crippen molar-refractivity contribution in [2.45, 2.75) is 6.92 Å². The molecule has 0 saturated carbocycles. The van der Waals surface area contributed by atoms with E-state index in [-0.39, 0.29) is 12.5 Å². The average molecular weight is 266 g/mol. The second-order valence-electron chi connectivity index (χ2n) is 3.86. The van der Waals surface area contributed by atoms with Crippen molar-refractivity contribution in [1.82, 2.24) is 4.90 Å².